The van der Waals surface area contributed by atoms with Crippen LogP contribution in [0, 0.1) is 6.92 Å². The first-order valence-corrected chi connectivity index (χ1v) is 13.5. The lowest BCUT2D eigenvalue weighted by molar-refractivity contribution is 0.0270. The Balaban J connectivity index is 1.70. The Hall–Kier alpha value is -3.22. The van der Waals surface area contributed by atoms with Crippen molar-refractivity contribution in [2.24, 2.45) is 0 Å². The van der Waals surface area contributed by atoms with Gasteiger partial charge < -0.3 is 24.4 Å². The van der Waals surface area contributed by atoms with Gasteiger partial charge in [-0.25, -0.2) is 4.79 Å². The molecule has 37 heavy (non-hydrogen) atoms. The maximum Gasteiger partial charge on any atom is 0.410 e. The minimum Gasteiger partial charge on any atom is -0.478 e. The van der Waals surface area contributed by atoms with Crippen molar-refractivity contribution in [1.29, 1.82) is 0 Å². The normalized spacial score (nSPS) is 13.7. The number of hydrogen-bond acceptors (Lipinski definition) is 6. The number of ether oxygens (including phenoxy) is 3. The van der Waals surface area contributed by atoms with Gasteiger partial charge in [0, 0.05) is 24.8 Å². The second-order valence-corrected chi connectivity index (χ2v) is 10.5. The Labute approximate surface area is 222 Å². The standard InChI is InChI=1S/C30H43N3O4/c1-7-9-19-35-27-14-13-26(28(32-27)36-20-10-8-2)31-24-11-12-25(22(3)21-24)23-15-17-33(18-16-23)29(34)37-30(4,5)6/h11-15,21,31H,7-10,16-20H2,1-6H3. The van der Waals surface area contributed by atoms with Gasteiger partial charge in [-0.15, -0.1) is 0 Å². The maximum atomic E-state index is 12.4. The first-order valence-electron chi connectivity index (χ1n) is 13.5. The smallest absolute Gasteiger partial charge is 0.410 e. The fourth-order valence-electron chi connectivity index (χ4n) is 4.01. The molecule has 0 radical (unpaired) electrons. The number of rotatable bonds is 11. The molecule has 7 heteroatoms. The third-order valence-corrected chi connectivity index (χ3v) is 6.03. The van der Waals surface area contributed by atoms with Gasteiger partial charge in [0.25, 0.3) is 0 Å². The Morgan fingerprint density at radius 2 is 1.78 bits per heavy atom. The lowest BCUT2D eigenvalue weighted by Crippen LogP contribution is -2.39. The van der Waals surface area contributed by atoms with E-state index in [1.165, 1.54) is 16.7 Å². The molecule has 0 bridgehead atoms. The number of nitrogens with zero attached hydrogens (tertiary/aromatic N) is 2. The number of nitrogens with one attached hydrogen (secondary N) is 1. The quantitative estimate of drug-likeness (QED) is 0.316. The number of hydrogen-bond donors (Lipinski definition) is 1. The fraction of sp³-hybridized carbons (Fsp3) is 0.533. The number of aromatic nitrogens is 1. The predicted octanol–water partition coefficient (Wildman–Crippen LogP) is 7.52. The van der Waals surface area contributed by atoms with Crippen LogP contribution in [0.2, 0.25) is 0 Å². The average molecular weight is 510 g/mol. The van der Waals surface area contributed by atoms with Crippen molar-refractivity contribution in [3.63, 3.8) is 0 Å². The van der Waals surface area contributed by atoms with Gasteiger partial charge in [-0.05, 0) is 81.9 Å². The van der Waals surface area contributed by atoms with Gasteiger partial charge >= 0.3 is 6.09 Å². The van der Waals surface area contributed by atoms with Gasteiger partial charge in [-0.1, -0.05) is 38.8 Å². The highest BCUT2D eigenvalue weighted by Crippen LogP contribution is 2.32. The van der Waals surface area contributed by atoms with Crippen molar-refractivity contribution in [1.82, 2.24) is 9.88 Å². The Morgan fingerprint density at radius 1 is 1.05 bits per heavy atom. The van der Waals surface area contributed by atoms with Crippen LogP contribution in [0.1, 0.15) is 77.8 Å². The molecule has 2 heterocycles. The topological polar surface area (TPSA) is 72.9 Å². The van der Waals surface area contributed by atoms with E-state index in [0.717, 1.165) is 43.5 Å². The van der Waals surface area contributed by atoms with E-state index in [1.807, 2.05) is 32.9 Å². The monoisotopic (exact) mass is 509 g/mol. The molecule has 0 spiro atoms. The van der Waals surface area contributed by atoms with Crippen molar-refractivity contribution >= 4 is 23.0 Å². The summed E-state index contributed by atoms with van der Waals surface area (Å²) in [5.41, 5.74) is 4.92. The number of aryl methyl sites for hydroxylation is 1. The Bertz CT molecular complexity index is 1070. The zero-order valence-electron chi connectivity index (χ0n) is 23.4. The summed E-state index contributed by atoms with van der Waals surface area (Å²) in [4.78, 5) is 18.7. The molecule has 2 aromatic rings. The molecule has 1 N–H and O–H groups in total. The summed E-state index contributed by atoms with van der Waals surface area (Å²) < 4.78 is 17.3. The minimum atomic E-state index is -0.487. The number of benzene rings is 1. The van der Waals surface area contributed by atoms with Crippen LogP contribution in [0.15, 0.2) is 36.4 Å². The number of carbonyl (C=O) groups excluding carboxylic acids is 1. The van der Waals surface area contributed by atoms with Crippen molar-refractivity contribution < 1.29 is 19.0 Å². The molecule has 1 aliphatic rings. The summed E-state index contributed by atoms with van der Waals surface area (Å²) in [5, 5.41) is 3.48. The van der Waals surface area contributed by atoms with Gasteiger partial charge in [0.05, 0.1) is 13.2 Å². The van der Waals surface area contributed by atoms with Crippen LogP contribution in [0.3, 0.4) is 0 Å². The molecule has 202 valence electrons. The SMILES string of the molecule is CCCCOc1ccc(Nc2ccc(C3=CCN(C(=O)OC(C)(C)C)CC3)c(C)c2)c(OCCCC)n1. The minimum absolute atomic E-state index is 0.258. The highest BCUT2D eigenvalue weighted by molar-refractivity contribution is 5.75. The van der Waals surface area contributed by atoms with E-state index >= 15 is 0 Å². The summed E-state index contributed by atoms with van der Waals surface area (Å²) in [6.45, 7) is 14.5. The van der Waals surface area contributed by atoms with Gasteiger partial charge in [0.1, 0.15) is 11.3 Å². The van der Waals surface area contributed by atoms with E-state index in [1.54, 1.807) is 4.90 Å². The van der Waals surface area contributed by atoms with Crippen molar-refractivity contribution in [2.75, 3.05) is 31.6 Å². The molecule has 1 aromatic heterocycles. The van der Waals surface area contributed by atoms with E-state index in [4.69, 9.17) is 14.2 Å². The first-order chi connectivity index (χ1) is 17.7. The van der Waals surface area contributed by atoms with Crippen LogP contribution in [-0.4, -0.2) is 47.9 Å². The molecule has 0 fully saturated rings. The zero-order chi connectivity index (χ0) is 26.8. The molecule has 0 unspecified atom stereocenters. The second kappa shape index (κ2) is 13.4. The summed E-state index contributed by atoms with van der Waals surface area (Å²) in [5.74, 6) is 1.14. The van der Waals surface area contributed by atoms with Crippen LogP contribution in [0.4, 0.5) is 16.2 Å². The summed E-state index contributed by atoms with van der Waals surface area (Å²) in [6, 6.07) is 10.2. The largest absolute Gasteiger partial charge is 0.478 e. The number of unbranched alkanes of at least 4 members (excludes halogenated alkanes) is 2. The Morgan fingerprint density at radius 3 is 2.41 bits per heavy atom. The van der Waals surface area contributed by atoms with E-state index < -0.39 is 5.60 Å². The molecule has 3 rings (SSSR count). The van der Waals surface area contributed by atoms with Crippen LogP contribution in [0.25, 0.3) is 5.57 Å². The lowest BCUT2D eigenvalue weighted by atomic mass is 9.95. The molecule has 1 amide bonds. The first kappa shape index (κ1) is 28.4. The fourth-order valence-corrected chi connectivity index (χ4v) is 4.01. The second-order valence-electron chi connectivity index (χ2n) is 10.5. The zero-order valence-corrected chi connectivity index (χ0v) is 23.4. The summed E-state index contributed by atoms with van der Waals surface area (Å²) in [6.07, 6.45) is 6.77. The van der Waals surface area contributed by atoms with Crippen LogP contribution in [0.5, 0.6) is 11.8 Å². The molecule has 0 saturated heterocycles. The average Bonchev–Trinajstić information content (AvgIpc) is 2.85. The molecule has 0 aliphatic carbocycles. The highest BCUT2D eigenvalue weighted by atomic mass is 16.6. The van der Waals surface area contributed by atoms with Gasteiger partial charge in [-0.3, -0.25) is 0 Å². The van der Waals surface area contributed by atoms with E-state index in [0.29, 0.717) is 38.1 Å². The van der Waals surface area contributed by atoms with Crippen molar-refractivity contribution in [2.45, 2.75) is 79.2 Å². The predicted molar refractivity (Wildman–Crippen MR) is 150 cm³/mol. The third-order valence-electron chi connectivity index (χ3n) is 6.03. The van der Waals surface area contributed by atoms with Crippen molar-refractivity contribution in [3.8, 4) is 11.8 Å². The molecule has 0 saturated carbocycles. The molecule has 0 atom stereocenters. The maximum absolute atomic E-state index is 12.4. The van der Waals surface area contributed by atoms with Gasteiger partial charge in [0.2, 0.25) is 11.8 Å². The molecule has 1 aromatic carbocycles. The molecule has 1 aliphatic heterocycles. The van der Waals surface area contributed by atoms with Crippen LogP contribution in [-0.2, 0) is 4.74 Å². The number of amides is 1. The Kier molecular flexibility index (Phi) is 10.2. The van der Waals surface area contributed by atoms with Gasteiger partial charge in [-0.2, -0.15) is 4.98 Å². The highest BCUT2D eigenvalue weighted by Gasteiger charge is 2.24. The lowest BCUT2D eigenvalue weighted by Gasteiger charge is -2.30. The molecular weight excluding hydrogens is 466 g/mol. The number of anilines is 2. The van der Waals surface area contributed by atoms with E-state index in [-0.39, 0.29) is 6.09 Å². The van der Waals surface area contributed by atoms with E-state index in [2.05, 4.69) is 55.3 Å². The number of pyridine rings is 1. The molecular formula is C30H43N3O4. The molecule has 7 nitrogen and oxygen atoms in total. The van der Waals surface area contributed by atoms with Gasteiger partial charge in [0.15, 0.2) is 0 Å². The summed E-state index contributed by atoms with van der Waals surface area (Å²) >= 11 is 0. The van der Waals surface area contributed by atoms with Crippen LogP contribution >= 0.6 is 0 Å². The van der Waals surface area contributed by atoms with Crippen LogP contribution < -0.4 is 14.8 Å². The summed E-state index contributed by atoms with van der Waals surface area (Å²) in [7, 11) is 0. The van der Waals surface area contributed by atoms with E-state index in [9.17, 15) is 4.79 Å². The van der Waals surface area contributed by atoms with Crippen molar-refractivity contribution in [3.05, 3.63) is 47.5 Å². The number of carbonyl (C=O) groups is 1. The third kappa shape index (κ3) is 8.69.